The molecule has 1 heterocycles. The van der Waals surface area contributed by atoms with Gasteiger partial charge in [0.05, 0.1) is 5.69 Å². The van der Waals surface area contributed by atoms with Gasteiger partial charge in [-0.05, 0) is 24.3 Å². The zero-order valence-corrected chi connectivity index (χ0v) is 9.61. The Kier molecular flexibility index (Phi) is 2.93. The van der Waals surface area contributed by atoms with Crippen LogP contribution in [0.4, 0.5) is 11.4 Å². The normalized spacial score (nSPS) is 16.9. The molecule has 3 nitrogen and oxygen atoms in total. The Balaban J connectivity index is 2.31. The first-order valence-electron chi connectivity index (χ1n) is 4.54. The Hall–Kier alpha value is -1.07. The average Bonchev–Trinajstić information content (AvgIpc) is 2.20. The number of nitrogen functional groups attached to an aromatic ring is 1. The molecule has 1 fully saturated rings. The van der Waals surface area contributed by atoms with Gasteiger partial charge < -0.3 is 5.73 Å². The molecule has 1 aliphatic rings. The van der Waals surface area contributed by atoms with Gasteiger partial charge in [0, 0.05) is 17.9 Å². The van der Waals surface area contributed by atoms with Gasteiger partial charge in [-0.1, -0.05) is 24.0 Å². The number of nitrogens with two attached hydrogens (primary N) is 1. The van der Waals surface area contributed by atoms with Crippen molar-refractivity contribution in [2.24, 2.45) is 0 Å². The molecule has 5 heteroatoms. The maximum Gasteiger partial charge on any atom is 0.233 e. The molecular formula is C10H10N2OS2. The number of thiocarbonyl (C=S) groups is 1. The third-order valence-corrected chi connectivity index (χ3v) is 3.50. The van der Waals surface area contributed by atoms with Crippen molar-refractivity contribution in [3.8, 4) is 0 Å². The van der Waals surface area contributed by atoms with Crippen molar-refractivity contribution >= 4 is 45.6 Å². The molecule has 2 N–H and O–H groups in total. The van der Waals surface area contributed by atoms with Gasteiger partial charge in [0.15, 0.2) is 0 Å². The van der Waals surface area contributed by atoms with E-state index in [1.165, 1.54) is 11.8 Å². The lowest BCUT2D eigenvalue weighted by atomic mass is 10.2. The molecule has 0 bridgehead atoms. The summed E-state index contributed by atoms with van der Waals surface area (Å²) in [7, 11) is 0. The highest BCUT2D eigenvalue weighted by Gasteiger charge is 2.24. The number of carbonyl (C=O) groups excluding carboxylic acids is 1. The minimum atomic E-state index is 0.0588. The predicted octanol–water partition coefficient (Wildman–Crippen LogP) is 2.02. The van der Waals surface area contributed by atoms with E-state index in [4.69, 9.17) is 18.0 Å². The highest BCUT2D eigenvalue weighted by Crippen LogP contribution is 2.26. The molecule has 0 atom stereocenters. The molecule has 1 aromatic rings. The predicted molar refractivity (Wildman–Crippen MR) is 68.0 cm³/mol. The zero-order valence-electron chi connectivity index (χ0n) is 7.97. The van der Waals surface area contributed by atoms with Crippen molar-refractivity contribution < 1.29 is 4.79 Å². The molecule has 0 unspecified atom stereocenters. The van der Waals surface area contributed by atoms with Gasteiger partial charge in [-0.3, -0.25) is 9.69 Å². The summed E-state index contributed by atoms with van der Waals surface area (Å²) in [4.78, 5) is 13.3. The molecule has 0 radical (unpaired) electrons. The van der Waals surface area contributed by atoms with Gasteiger partial charge in [-0.25, -0.2) is 0 Å². The second kappa shape index (κ2) is 4.20. The van der Waals surface area contributed by atoms with E-state index in [0.29, 0.717) is 16.4 Å². The molecule has 1 aromatic carbocycles. The highest BCUT2D eigenvalue weighted by atomic mass is 32.2. The fraction of sp³-hybridized carbons (Fsp3) is 0.200. The zero-order chi connectivity index (χ0) is 10.8. The van der Waals surface area contributed by atoms with Crippen LogP contribution < -0.4 is 10.6 Å². The van der Waals surface area contributed by atoms with Crippen LogP contribution in [0.3, 0.4) is 0 Å². The summed E-state index contributed by atoms with van der Waals surface area (Å²) >= 11 is 6.69. The molecule has 0 aliphatic carbocycles. The van der Waals surface area contributed by atoms with E-state index >= 15 is 0 Å². The first kappa shape index (κ1) is 10.4. The molecule has 2 rings (SSSR count). The van der Waals surface area contributed by atoms with Crippen LogP contribution in [0, 0.1) is 0 Å². The summed E-state index contributed by atoms with van der Waals surface area (Å²) < 4.78 is 0.621. The van der Waals surface area contributed by atoms with E-state index in [2.05, 4.69) is 0 Å². The smallest absolute Gasteiger partial charge is 0.233 e. The van der Waals surface area contributed by atoms with Gasteiger partial charge in [0.1, 0.15) is 4.32 Å². The van der Waals surface area contributed by atoms with Crippen molar-refractivity contribution in [2.45, 2.75) is 6.42 Å². The summed E-state index contributed by atoms with van der Waals surface area (Å²) in [5.74, 6) is 0.840. The van der Waals surface area contributed by atoms with Crippen LogP contribution in [-0.4, -0.2) is 16.0 Å². The molecule has 1 amide bonds. The number of hydrogen-bond donors (Lipinski definition) is 1. The molecule has 78 valence electrons. The summed E-state index contributed by atoms with van der Waals surface area (Å²) in [6.45, 7) is 0. The summed E-state index contributed by atoms with van der Waals surface area (Å²) in [6, 6.07) is 7.16. The fourth-order valence-corrected chi connectivity index (χ4v) is 2.62. The van der Waals surface area contributed by atoms with Crippen LogP contribution in [0.1, 0.15) is 6.42 Å². The van der Waals surface area contributed by atoms with E-state index in [0.717, 1.165) is 11.4 Å². The van der Waals surface area contributed by atoms with Crippen molar-refractivity contribution in [2.75, 3.05) is 16.4 Å². The third kappa shape index (κ3) is 2.13. The number of nitrogens with zero attached hydrogens (tertiary/aromatic N) is 1. The molecule has 0 spiro atoms. The second-order valence-corrected chi connectivity index (χ2v) is 4.91. The second-order valence-electron chi connectivity index (χ2n) is 3.19. The quantitative estimate of drug-likeness (QED) is 0.600. The Morgan fingerprint density at radius 2 is 2.00 bits per heavy atom. The number of thioether (sulfide) groups is 1. The number of carbonyl (C=O) groups is 1. The fourth-order valence-electron chi connectivity index (χ4n) is 1.38. The van der Waals surface area contributed by atoms with Crippen LogP contribution in [0.2, 0.25) is 0 Å². The number of benzene rings is 1. The molecule has 15 heavy (non-hydrogen) atoms. The van der Waals surface area contributed by atoms with E-state index < -0.39 is 0 Å². The van der Waals surface area contributed by atoms with E-state index in [1.54, 1.807) is 17.0 Å². The molecule has 1 saturated heterocycles. The molecular weight excluding hydrogens is 228 g/mol. The Bertz CT molecular complexity index is 386. The summed E-state index contributed by atoms with van der Waals surface area (Å²) in [6.07, 6.45) is 0.537. The SMILES string of the molecule is Nc1ccc(N2C(=O)CCSC2=S)cc1. The Morgan fingerprint density at radius 1 is 1.33 bits per heavy atom. The standard InChI is InChI=1S/C10H10N2OS2/c11-7-1-3-8(4-2-7)12-9(13)5-6-15-10(12)14/h1-4H,5-6,11H2. The lowest BCUT2D eigenvalue weighted by Crippen LogP contribution is -2.37. The summed E-state index contributed by atoms with van der Waals surface area (Å²) in [5, 5.41) is 0. The lowest BCUT2D eigenvalue weighted by molar-refractivity contribution is -0.117. The van der Waals surface area contributed by atoms with Gasteiger partial charge in [0.2, 0.25) is 5.91 Å². The van der Waals surface area contributed by atoms with E-state index in [9.17, 15) is 4.79 Å². The first-order chi connectivity index (χ1) is 7.18. The lowest BCUT2D eigenvalue weighted by Gasteiger charge is -2.26. The van der Waals surface area contributed by atoms with Crippen molar-refractivity contribution in [1.29, 1.82) is 0 Å². The number of amides is 1. The Labute approximate surface area is 97.6 Å². The number of hydrogen-bond acceptors (Lipinski definition) is 4. The minimum absolute atomic E-state index is 0.0588. The van der Waals surface area contributed by atoms with Crippen molar-refractivity contribution in [3.05, 3.63) is 24.3 Å². The van der Waals surface area contributed by atoms with Crippen LogP contribution in [0.25, 0.3) is 0 Å². The third-order valence-electron chi connectivity index (χ3n) is 2.12. The maximum atomic E-state index is 11.7. The van der Waals surface area contributed by atoms with Crippen LogP contribution in [0.5, 0.6) is 0 Å². The molecule has 0 saturated carbocycles. The van der Waals surface area contributed by atoms with E-state index in [-0.39, 0.29) is 5.91 Å². The van der Waals surface area contributed by atoms with Gasteiger partial charge in [-0.15, -0.1) is 0 Å². The molecule has 1 aliphatic heterocycles. The number of rotatable bonds is 1. The minimum Gasteiger partial charge on any atom is -0.399 e. The Morgan fingerprint density at radius 3 is 2.60 bits per heavy atom. The van der Waals surface area contributed by atoms with Crippen molar-refractivity contribution in [3.63, 3.8) is 0 Å². The maximum absolute atomic E-state index is 11.7. The highest BCUT2D eigenvalue weighted by molar-refractivity contribution is 8.23. The number of anilines is 2. The van der Waals surface area contributed by atoms with Crippen LogP contribution >= 0.6 is 24.0 Å². The van der Waals surface area contributed by atoms with Gasteiger partial charge >= 0.3 is 0 Å². The van der Waals surface area contributed by atoms with Gasteiger partial charge in [-0.2, -0.15) is 0 Å². The molecule has 0 aromatic heterocycles. The van der Waals surface area contributed by atoms with Gasteiger partial charge in [0.25, 0.3) is 0 Å². The topological polar surface area (TPSA) is 46.3 Å². The average molecular weight is 238 g/mol. The van der Waals surface area contributed by atoms with Crippen LogP contribution in [-0.2, 0) is 4.79 Å². The summed E-state index contributed by atoms with van der Waals surface area (Å²) in [5.41, 5.74) is 7.06. The first-order valence-corrected chi connectivity index (χ1v) is 5.93. The van der Waals surface area contributed by atoms with E-state index in [1.807, 2.05) is 12.1 Å². The monoisotopic (exact) mass is 238 g/mol. The van der Waals surface area contributed by atoms with Crippen molar-refractivity contribution in [1.82, 2.24) is 0 Å². The van der Waals surface area contributed by atoms with Crippen LogP contribution in [0.15, 0.2) is 24.3 Å². The largest absolute Gasteiger partial charge is 0.399 e.